The van der Waals surface area contributed by atoms with Crippen LogP contribution in [0, 0.1) is 0 Å². The SMILES string of the molecule is CC1(C)c2ccccc2-c2ccc(N(c3ccc(O)c(/N=C/c4ccccc4)c3)c3cccc4c3oc3ccccc34)cc21. The molecule has 4 heteroatoms. The van der Waals surface area contributed by atoms with Crippen molar-refractivity contribution in [2.75, 3.05) is 4.90 Å². The smallest absolute Gasteiger partial charge is 0.159 e. The molecule has 0 saturated heterocycles. The summed E-state index contributed by atoms with van der Waals surface area (Å²) < 4.78 is 6.53. The van der Waals surface area contributed by atoms with Gasteiger partial charge in [-0.15, -0.1) is 0 Å². The zero-order valence-electron chi connectivity index (χ0n) is 24.5. The van der Waals surface area contributed by atoms with Gasteiger partial charge in [0.15, 0.2) is 5.58 Å². The van der Waals surface area contributed by atoms with Gasteiger partial charge in [-0.05, 0) is 70.3 Å². The second-order valence-corrected chi connectivity index (χ2v) is 11.8. The first-order valence-corrected chi connectivity index (χ1v) is 14.9. The summed E-state index contributed by atoms with van der Waals surface area (Å²) in [4.78, 5) is 6.90. The van der Waals surface area contributed by atoms with Crippen molar-refractivity contribution in [1.82, 2.24) is 0 Å². The van der Waals surface area contributed by atoms with Gasteiger partial charge in [0.05, 0.1) is 5.69 Å². The molecule has 0 spiro atoms. The van der Waals surface area contributed by atoms with Gasteiger partial charge in [0.1, 0.15) is 17.0 Å². The lowest BCUT2D eigenvalue weighted by Crippen LogP contribution is -2.16. The monoisotopic (exact) mass is 570 g/mol. The van der Waals surface area contributed by atoms with Gasteiger partial charge in [0.25, 0.3) is 0 Å². The maximum Gasteiger partial charge on any atom is 0.159 e. The first-order valence-electron chi connectivity index (χ1n) is 14.9. The van der Waals surface area contributed by atoms with E-state index in [0.29, 0.717) is 5.69 Å². The average molecular weight is 571 g/mol. The van der Waals surface area contributed by atoms with Gasteiger partial charge < -0.3 is 14.4 Å². The van der Waals surface area contributed by atoms with Gasteiger partial charge in [-0.2, -0.15) is 0 Å². The predicted molar refractivity (Wildman–Crippen MR) is 181 cm³/mol. The second-order valence-electron chi connectivity index (χ2n) is 11.8. The molecule has 1 aromatic heterocycles. The van der Waals surface area contributed by atoms with Crippen molar-refractivity contribution in [3.05, 3.63) is 150 Å². The van der Waals surface area contributed by atoms with E-state index in [1.165, 1.54) is 22.3 Å². The highest BCUT2D eigenvalue weighted by Gasteiger charge is 2.36. The van der Waals surface area contributed by atoms with Crippen LogP contribution in [-0.2, 0) is 5.41 Å². The molecule has 0 aliphatic heterocycles. The molecule has 8 rings (SSSR count). The molecule has 0 saturated carbocycles. The van der Waals surface area contributed by atoms with E-state index in [0.717, 1.165) is 44.6 Å². The topological polar surface area (TPSA) is 49.0 Å². The third-order valence-electron chi connectivity index (χ3n) is 8.82. The van der Waals surface area contributed by atoms with Gasteiger partial charge in [-0.1, -0.05) is 105 Å². The molecular weight excluding hydrogens is 540 g/mol. The van der Waals surface area contributed by atoms with Crippen LogP contribution in [0.25, 0.3) is 33.1 Å². The van der Waals surface area contributed by atoms with Crippen molar-refractivity contribution in [3.63, 3.8) is 0 Å². The van der Waals surface area contributed by atoms with E-state index in [9.17, 15) is 5.11 Å². The van der Waals surface area contributed by atoms with Gasteiger partial charge in [0, 0.05) is 33.8 Å². The van der Waals surface area contributed by atoms with E-state index >= 15 is 0 Å². The third kappa shape index (κ3) is 4.10. The Balaban J connectivity index is 1.34. The number of furan rings is 1. The number of phenolic OH excluding ortho intramolecular Hbond substituents is 1. The standard InChI is InChI=1S/C40H30N2O2/c1-40(2)33-16-8-6-13-29(33)30-21-19-27(23-34(30)40)42(36-17-10-15-32-31-14-7-9-18-38(31)44-39(32)36)28-20-22-37(43)35(24-28)41-25-26-11-4-3-5-12-26/h3-25,43H,1-2H3/b41-25+. The molecule has 0 fully saturated rings. The van der Waals surface area contributed by atoms with Crippen LogP contribution < -0.4 is 4.90 Å². The number of fused-ring (bicyclic) bond motifs is 6. The molecule has 1 aliphatic rings. The minimum Gasteiger partial charge on any atom is -0.506 e. The number of benzene rings is 6. The van der Waals surface area contributed by atoms with E-state index < -0.39 is 0 Å². The fourth-order valence-electron chi connectivity index (χ4n) is 6.60. The summed E-state index contributed by atoms with van der Waals surface area (Å²) in [6.07, 6.45) is 1.78. The molecule has 1 heterocycles. The van der Waals surface area contributed by atoms with Crippen LogP contribution in [0.15, 0.2) is 143 Å². The number of nitrogens with zero attached hydrogens (tertiary/aromatic N) is 2. The molecule has 0 bridgehead atoms. The molecule has 44 heavy (non-hydrogen) atoms. The maximum atomic E-state index is 10.8. The molecule has 1 aliphatic carbocycles. The van der Waals surface area contributed by atoms with Crippen molar-refractivity contribution < 1.29 is 9.52 Å². The normalized spacial score (nSPS) is 13.4. The number of aromatic hydroxyl groups is 1. The van der Waals surface area contributed by atoms with Crippen LogP contribution in [0.4, 0.5) is 22.7 Å². The van der Waals surface area contributed by atoms with Crippen molar-refractivity contribution >= 4 is 50.9 Å². The van der Waals surface area contributed by atoms with Gasteiger partial charge >= 0.3 is 0 Å². The number of hydrogen-bond donors (Lipinski definition) is 1. The fourth-order valence-corrected chi connectivity index (χ4v) is 6.60. The molecule has 6 aromatic carbocycles. The van der Waals surface area contributed by atoms with Crippen molar-refractivity contribution in [3.8, 4) is 16.9 Å². The Bertz CT molecular complexity index is 2230. The first kappa shape index (κ1) is 26.1. The Morgan fingerprint density at radius 1 is 0.659 bits per heavy atom. The number of phenols is 1. The molecule has 212 valence electrons. The number of hydrogen-bond acceptors (Lipinski definition) is 4. The highest BCUT2D eigenvalue weighted by atomic mass is 16.3. The lowest BCUT2D eigenvalue weighted by atomic mass is 9.82. The van der Waals surface area contributed by atoms with Crippen LogP contribution in [0.2, 0.25) is 0 Å². The van der Waals surface area contributed by atoms with Gasteiger partial charge in [0.2, 0.25) is 0 Å². The minimum atomic E-state index is -0.154. The zero-order chi connectivity index (χ0) is 29.8. The van der Waals surface area contributed by atoms with Crippen LogP contribution in [0.1, 0.15) is 30.5 Å². The average Bonchev–Trinajstić information content (AvgIpc) is 3.55. The molecule has 0 unspecified atom stereocenters. The van der Waals surface area contributed by atoms with Crippen molar-refractivity contribution in [2.24, 2.45) is 4.99 Å². The van der Waals surface area contributed by atoms with Crippen LogP contribution in [0.5, 0.6) is 5.75 Å². The first-order chi connectivity index (χ1) is 21.5. The summed E-state index contributed by atoms with van der Waals surface area (Å²) in [7, 11) is 0. The lowest BCUT2D eigenvalue weighted by Gasteiger charge is -2.28. The van der Waals surface area contributed by atoms with E-state index in [2.05, 4.69) is 90.5 Å². The molecule has 7 aromatic rings. The lowest BCUT2D eigenvalue weighted by molar-refractivity contribution is 0.477. The van der Waals surface area contributed by atoms with E-state index in [1.807, 2.05) is 60.7 Å². The predicted octanol–water partition coefficient (Wildman–Crippen LogP) is 10.8. The van der Waals surface area contributed by atoms with Gasteiger partial charge in [-0.3, -0.25) is 4.99 Å². The Hall–Kier alpha value is -5.61. The van der Waals surface area contributed by atoms with E-state index in [1.54, 1.807) is 12.3 Å². The Kier molecular flexibility index (Phi) is 5.92. The molecular formula is C40H30N2O2. The van der Waals surface area contributed by atoms with Gasteiger partial charge in [-0.25, -0.2) is 0 Å². The fraction of sp³-hybridized carbons (Fsp3) is 0.0750. The zero-order valence-corrected chi connectivity index (χ0v) is 24.5. The van der Waals surface area contributed by atoms with E-state index in [4.69, 9.17) is 4.42 Å². The summed E-state index contributed by atoms with van der Waals surface area (Å²) in [5.41, 5.74) is 10.9. The molecule has 4 nitrogen and oxygen atoms in total. The molecule has 0 radical (unpaired) electrons. The molecule has 1 N–H and O–H groups in total. The Morgan fingerprint density at radius 3 is 2.25 bits per heavy atom. The van der Waals surface area contributed by atoms with Crippen LogP contribution in [-0.4, -0.2) is 11.3 Å². The number of para-hydroxylation sites is 2. The summed E-state index contributed by atoms with van der Waals surface area (Å²) in [5.74, 6) is 0.119. The van der Waals surface area contributed by atoms with Crippen molar-refractivity contribution in [2.45, 2.75) is 19.3 Å². The van der Waals surface area contributed by atoms with Crippen molar-refractivity contribution in [1.29, 1.82) is 0 Å². The van der Waals surface area contributed by atoms with E-state index in [-0.39, 0.29) is 11.2 Å². The largest absolute Gasteiger partial charge is 0.506 e. The quantitative estimate of drug-likeness (QED) is 0.209. The van der Waals surface area contributed by atoms with Crippen LogP contribution >= 0.6 is 0 Å². The maximum absolute atomic E-state index is 10.8. The van der Waals surface area contributed by atoms with Crippen LogP contribution in [0.3, 0.4) is 0 Å². The summed E-state index contributed by atoms with van der Waals surface area (Å²) in [5, 5.41) is 13.0. The highest BCUT2D eigenvalue weighted by Crippen LogP contribution is 2.51. The number of anilines is 3. The number of rotatable bonds is 5. The summed E-state index contributed by atoms with van der Waals surface area (Å²) in [6, 6.07) is 45.3. The third-order valence-corrected chi connectivity index (χ3v) is 8.82. The Morgan fingerprint density at radius 2 is 1.36 bits per heavy atom. The molecule has 0 amide bonds. The summed E-state index contributed by atoms with van der Waals surface area (Å²) in [6.45, 7) is 4.59. The summed E-state index contributed by atoms with van der Waals surface area (Å²) >= 11 is 0. The number of aliphatic imine (C=N–C) groups is 1. The second kappa shape index (κ2) is 9.99. The Labute approximate surface area is 256 Å². The highest BCUT2D eigenvalue weighted by molar-refractivity contribution is 6.10. The minimum absolute atomic E-state index is 0.119. The molecule has 0 atom stereocenters.